The lowest BCUT2D eigenvalue weighted by Crippen LogP contribution is -2.02. The lowest BCUT2D eigenvalue weighted by atomic mass is 9.87. The van der Waals surface area contributed by atoms with E-state index in [0.717, 1.165) is 11.1 Å². The molecule has 2 aromatic carbocycles. The molecular formula is C19H22O4. The third-order valence-corrected chi connectivity index (χ3v) is 3.84. The second-order valence-electron chi connectivity index (χ2n) is 5.09. The molecule has 1 atom stereocenters. The van der Waals surface area contributed by atoms with E-state index >= 15 is 0 Å². The number of hydrogen-bond donors (Lipinski definition) is 1. The molecule has 0 saturated heterocycles. The molecule has 2 aromatic rings. The number of aromatic hydroxyl groups is 1. The summed E-state index contributed by atoms with van der Waals surface area (Å²) in [4.78, 5) is 0. The second-order valence-corrected chi connectivity index (χ2v) is 5.09. The Morgan fingerprint density at radius 1 is 1.00 bits per heavy atom. The Kier molecular flexibility index (Phi) is 5.52. The van der Waals surface area contributed by atoms with Crippen LogP contribution in [0.15, 0.2) is 49.1 Å². The predicted octanol–water partition coefficient (Wildman–Crippen LogP) is 4.13. The van der Waals surface area contributed by atoms with Crippen molar-refractivity contribution in [3.63, 3.8) is 0 Å². The normalized spacial score (nSPS) is 11.6. The van der Waals surface area contributed by atoms with Crippen molar-refractivity contribution in [2.45, 2.75) is 12.3 Å². The molecule has 0 aliphatic rings. The van der Waals surface area contributed by atoms with E-state index in [1.165, 1.54) is 7.11 Å². The van der Waals surface area contributed by atoms with Gasteiger partial charge in [-0.2, -0.15) is 0 Å². The van der Waals surface area contributed by atoms with Gasteiger partial charge in [-0.3, -0.25) is 0 Å². The fourth-order valence-electron chi connectivity index (χ4n) is 2.66. The van der Waals surface area contributed by atoms with E-state index in [-0.39, 0.29) is 11.7 Å². The van der Waals surface area contributed by atoms with Crippen molar-refractivity contribution in [3.05, 3.63) is 60.2 Å². The van der Waals surface area contributed by atoms with Crippen LogP contribution in [-0.4, -0.2) is 26.4 Å². The average molecular weight is 314 g/mol. The molecule has 4 heteroatoms. The number of methoxy groups -OCH3 is 3. The third kappa shape index (κ3) is 3.42. The van der Waals surface area contributed by atoms with Crippen molar-refractivity contribution < 1.29 is 19.3 Å². The summed E-state index contributed by atoms with van der Waals surface area (Å²) in [5.41, 5.74) is 1.79. The molecule has 122 valence electrons. The fraction of sp³-hybridized carbons (Fsp3) is 0.263. The van der Waals surface area contributed by atoms with Crippen LogP contribution in [0.3, 0.4) is 0 Å². The fourth-order valence-corrected chi connectivity index (χ4v) is 2.66. The monoisotopic (exact) mass is 314 g/mol. The molecule has 23 heavy (non-hydrogen) atoms. The van der Waals surface area contributed by atoms with E-state index in [2.05, 4.69) is 6.58 Å². The highest BCUT2D eigenvalue weighted by Gasteiger charge is 2.20. The first-order valence-corrected chi connectivity index (χ1v) is 7.34. The molecule has 0 bridgehead atoms. The Labute approximate surface area is 136 Å². The van der Waals surface area contributed by atoms with Gasteiger partial charge in [-0.15, -0.1) is 6.58 Å². The van der Waals surface area contributed by atoms with Crippen LogP contribution < -0.4 is 14.2 Å². The molecule has 0 amide bonds. The van der Waals surface area contributed by atoms with Gasteiger partial charge in [0.15, 0.2) is 23.0 Å². The molecule has 4 nitrogen and oxygen atoms in total. The van der Waals surface area contributed by atoms with Crippen LogP contribution in [0.25, 0.3) is 0 Å². The lowest BCUT2D eigenvalue weighted by molar-refractivity contribution is 0.354. The van der Waals surface area contributed by atoms with Crippen molar-refractivity contribution in [1.29, 1.82) is 0 Å². The lowest BCUT2D eigenvalue weighted by Gasteiger charge is -2.20. The number of allylic oxidation sites excluding steroid dienone is 1. The van der Waals surface area contributed by atoms with Crippen LogP contribution in [0.4, 0.5) is 0 Å². The molecule has 2 rings (SSSR count). The van der Waals surface area contributed by atoms with Crippen molar-refractivity contribution in [1.82, 2.24) is 0 Å². The van der Waals surface area contributed by atoms with Gasteiger partial charge in [0.05, 0.1) is 21.3 Å². The van der Waals surface area contributed by atoms with Crippen molar-refractivity contribution >= 4 is 0 Å². The van der Waals surface area contributed by atoms with Gasteiger partial charge in [0.1, 0.15) is 0 Å². The number of ether oxygens (including phenoxy) is 3. The van der Waals surface area contributed by atoms with Gasteiger partial charge in [0.25, 0.3) is 0 Å². The molecule has 1 unspecified atom stereocenters. The summed E-state index contributed by atoms with van der Waals surface area (Å²) < 4.78 is 15.9. The second kappa shape index (κ2) is 7.58. The molecular weight excluding hydrogens is 292 g/mol. The van der Waals surface area contributed by atoms with Crippen molar-refractivity contribution in [3.8, 4) is 23.0 Å². The first kappa shape index (κ1) is 16.7. The van der Waals surface area contributed by atoms with Gasteiger partial charge in [0.2, 0.25) is 0 Å². The minimum atomic E-state index is -0.0533. The summed E-state index contributed by atoms with van der Waals surface area (Å²) in [5, 5.41) is 10.5. The first-order chi connectivity index (χ1) is 11.2. The molecule has 0 fully saturated rings. The maximum atomic E-state index is 10.5. The van der Waals surface area contributed by atoms with E-state index in [1.807, 2.05) is 36.4 Å². The van der Waals surface area contributed by atoms with Gasteiger partial charge >= 0.3 is 0 Å². The number of phenolic OH excluding ortho intramolecular Hbond substituents is 1. The van der Waals surface area contributed by atoms with E-state index in [9.17, 15) is 5.11 Å². The smallest absolute Gasteiger partial charge is 0.161 e. The molecule has 0 aromatic heterocycles. The summed E-state index contributed by atoms with van der Waals surface area (Å²) >= 11 is 0. The number of rotatable bonds is 7. The summed E-state index contributed by atoms with van der Waals surface area (Å²) in [6.45, 7) is 3.83. The number of benzene rings is 2. The van der Waals surface area contributed by atoms with E-state index in [1.54, 1.807) is 20.3 Å². The minimum Gasteiger partial charge on any atom is -0.504 e. The molecule has 0 heterocycles. The summed E-state index contributed by atoms with van der Waals surface area (Å²) in [5.74, 6) is 1.88. The largest absolute Gasteiger partial charge is 0.504 e. The Morgan fingerprint density at radius 3 is 2.30 bits per heavy atom. The van der Waals surface area contributed by atoms with Gasteiger partial charge in [-0.05, 0) is 30.2 Å². The quantitative estimate of drug-likeness (QED) is 0.781. The van der Waals surface area contributed by atoms with E-state index < -0.39 is 0 Å². The number of para-hydroxylation sites is 1. The SMILES string of the molecule is C=CCC(c1ccc(OC)c(OC)c1)c1cccc(OC)c1O. The Morgan fingerprint density at radius 2 is 1.70 bits per heavy atom. The zero-order chi connectivity index (χ0) is 16.8. The maximum Gasteiger partial charge on any atom is 0.161 e. The average Bonchev–Trinajstić information content (AvgIpc) is 2.59. The standard InChI is InChI=1S/C19H22O4/c1-5-7-14(15-8-6-9-17(22-3)19(15)20)13-10-11-16(21-2)18(12-13)23-4/h5-6,8-12,14,20H,1,7H2,2-4H3. The highest BCUT2D eigenvalue weighted by atomic mass is 16.5. The maximum absolute atomic E-state index is 10.5. The predicted molar refractivity (Wildman–Crippen MR) is 90.9 cm³/mol. The topological polar surface area (TPSA) is 47.9 Å². The van der Waals surface area contributed by atoms with Crippen LogP contribution in [0.5, 0.6) is 23.0 Å². The van der Waals surface area contributed by atoms with Crippen LogP contribution in [-0.2, 0) is 0 Å². The summed E-state index contributed by atoms with van der Waals surface area (Å²) in [7, 11) is 4.75. The van der Waals surface area contributed by atoms with Crippen molar-refractivity contribution in [2.24, 2.45) is 0 Å². The molecule has 1 N–H and O–H groups in total. The van der Waals surface area contributed by atoms with Crippen LogP contribution >= 0.6 is 0 Å². The number of hydrogen-bond acceptors (Lipinski definition) is 4. The highest BCUT2D eigenvalue weighted by Crippen LogP contribution is 2.41. The minimum absolute atomic E-state index is 0.0533. The van der Waals surface area contributed by atoms with Crippen LogP contribution in [0, 0.1) is 0 Å². The molecule has 0 saturated carbocycles. The zero-order valence-corrected chi connectivity index (χ0v) is 13.7. The van der Waals surface area contributed by atoms with Gasteiger partial charge in [0, 0.05) is 11.5 Å². The van der Waals surface area contributed by atoms with E-state index in [4.69, 9.17) is 14.2 Å². The molecule has 0 aliphatic carbocycles. The van der Waals surface area contributed by atoms with Crippen LogP contribution in [0.2, 0.25) is 0 Å². The Bertz CT molecular complexity index is 679. The highest BCUT2D eigenvalue weighted by molar-refractivity contribution is 5.52. The van der Waals surface area contributed by atoms with E-state index in [0.29, 0.717) is 23.7 Å². The molecule has 0 spiro atoms. The summed E-state index contributed by atoms with van der Waals surface area (Å²) in [6.07, 6.45) is 2.51. The van der Waals surface area contributed by atoms with Gasteiger partial charge in [-0.25, -0.2) is 0 Å². The van der Waals surface area contributed by atoms with Crippen molar-refractivity contribution in [2.75, 3.05) is 21.3 Å². The first-order valence-electron chi connectivity index (χ1n) is 7.34. The molecule has 0 aliphatic heterocycles. The third-order valence-electron chi connectivity index (χ3n) is 3.84. The Hall–Kier alpha value is -2.62. The molecule has 0 radical (unpaired) electrons. The number of phenols is 1. The summed E-state index contributed by atoms with van der Waals surface area (Å²) in [6, 6.07) is 11.2. The Balaban J connectivity index is 2.53. The van der Waals surface area contributed by atoms with Gasteiger partial charge < -0.3 is 19.3 Å². The van der Waals surface area contributed by atoms with Gasteiger partial charge in [-0.1, -0.05) is 24.3 Å². The van der Waals surface area contributed by atoms with Crippen LogP contribution in [0.1, 0.15) is 23.5 Å². The zero-order valence-electron chi connectivity index (χ0n) is 13.7.